The van der Waals surface area contributed by atoms with E-state index in [4.69, 9.17) is 9.84 Å². The molecule has 0 N–H and O–H groups in total. The molecule has 2 aliphatic rings. The molecule has 5 rings (SSSR count). The summed E-state index contributed by atoms with van der Waals surface area (Å²) in [6.07, 6.45) is 4.19. The number of piperidine rings is 1. The number of halogens is 1. The van der Waals surface area contributed by atoms with E-state index in [0.29, 0.717) is 43.2 Å². The Hall–Kier alpha value is -3.29. The van der Waals surface area contributed by atoms with Gasteiger partial charge < -0.3 is 9.64 Å². The summed E-state index contributed by atoms with van der Waals surface area (Å²) in [7, 11) is 1.32. The number of carbonyl (C=O) groups excluding carboxylic acids is 2. The van der Waals surface area contributed by atoms with Crippen LogP contribution in [-0.4, -0.2) is 46.7 Å². The van der Waals surface area contributed by atoms with Crippen molar-refractivity contribution in [3.05, 3.63) is 47.5 Å². The van der Waals surface area contributed by atoms with Gasteiger partial charge in [0, 0.05) is 31.8 Å². The molecule has 1 saturated carbocycles. The van der Waals surface area contributed by atoms with Crippen molar-refractivity contribution < 1.29 is 18.7 Å². The number of hydrogen-bond donors (Lipinski definition) is 0. The van der Waals surface area contributed by atoms with Crippen molar-refractivity contribution in [1.29, 1.82) is 0 Å². The first-order valence-corrected chi connectivity index (χ1v) is 10.6. The number of carbonyl (C=O) groups is 2. The Morgan fingerprint density at radius 3 is 2.48 bits per heavy atom. The molecule has 0 atom stereocenters. The van der Waals surface area contributed by atoms with Gasteiger partial charge in [0.05, 0.1) is 29.6 Å². The van der Waals surface area contributed by atoms with Crippen LogP contribution in [0.1, 0.15) is 54.2 Å². The van der Waals surface area contributed by atoms with Gasteiger partial charge in [0.15, 0.2) is 11.3 Å². The first kappa shape index (κ1) is 19.7. The van der Waals surface area contributed by atoms with Crippen molar-refractivity contribution in [2.75, 3.05) is 25.1 Å². The van der Waals surface area contributed by atoms with Crippen LogP contribution in [0.5, 0.6) is 0 Å². The summed E-state index contributed by atoms with van der Waals surface area (Å²) in [6, 6.07) is 7.82. The van der Waals surface area contributed by atoms with Gasteiger partial charge in [-0.25, -0.2) is 18.9 Å². The molecule has 0 radical (unpaired) electrons. The molecule has 0 unspecified atom stereocenters. The largest absolute Gasteiger partial charge is 0.464 e. The van der Waals surface area contributed by atoms with Crippen LogP contribution < -0.4 is 4.90 Å². The van der Waals surface area contributed by atoms with Crippen molar-refractivity contribution in [1.82, 2.24) is 14.8 Å². The summed E-state index contributed by atoms with van der Waals surface area (Å²) < 4.78 is 20.2. The fourth-order valence-electron chi connectivity index (χ4n) is 4.31. The van der Waals surface area contributed by atoms with Crippen molar-refractivity contribution in [3.8, 4) is 5.69 Å². The minimum absolute atomic E-state index is 0.185. The number of methoxy groups -OCH3 is 1. The van der Waals surface area contributed by atoms with E-state index in [0.717, 1.165) is 36.0 Å². The third-order valence-corrected chi connectivity index (χ3v) is 6.26. The normalized spacial score (nSPS) is 17.1. The van der Waals surface area contributed by atoms with Crippen LogP contribution >= 0.6 is 0 Å². The number of hydrogen-bond acceptors (Lipinski definition) is 6. The number of esters is 1. The zero-order valence-electron chi connectivity index (χ0n) is 17.3. The minimum Gasteiger partial charge on any atom is -0.464 e. The van der Waals surface area contributed by atoms with Crippen molar-refractivity contribution in [2.45, 2.75) is 38.0 Å². The Morgan fingerprint density at radius 2 is 1.87 bits per heavy atom. The number of anilines is 1. The average molecular weight is 422 g/mol. The molecule has 1 saturated heterocycles. The highest BCUT2D eigenvalue weighted by atomic mass is 19.1. The third kappa shape index (κ3) is 3.45. The van der Waals surface area contributed by atoms with E-state index in [1.807, 2.05) is 0 Å². The van der Waals surface area contributed by atoms with Gasteiger partial charge in [-0.3, -0.25) is 4.79 Å². The molecule has 1 aromatic carbocycles. The number of ketones is 1. The number of benzene rings is 1. The monoisotopic (exact) mass is 422 g/mol. The lowest BCUT2D eigenvalue weighted by atomic mass is 9.82. The number of pyridine rings is 1. The highest BCUT2D eigenvalue weighted by Gasteiger charge is 2.31. The van der Waals surface area contributed by atoms with Crippen LogP contribution in [0.3, 0.4) is 0 Å². The lowest BCUT2D eigenvalue weighted by Crippen LogP contribution is -2.34. The predicted molar refractivity (Wildman–Crippen MR) is 113 cm³/mol. The molecule has 160 valence electrons. The van der Waals surface area contributed by atoms with Gasteiger partial charge in [0.1, 0.15) is 11.6 Å². The first-order chi connectivity index (χ1) is 15.0. The Kier molecular flexibility index (Phi) is 4.92. The van der Waals surface area contributed by atoms with Gasteiger partial charge in [-0.05, 0) is 43.2 Å². The topological polar surface area (TPSA) is 77.3 Å². The number of Topliss-reactive ketones (excluding diaryl/α,β-unsaturated/α-hetero) is 1. The quantitative estimate of drug-likeness (QED) is 0.596. The van der Waals surface area contributed by atoms with E-state index in [9.17, 15) is 14.0 Å². The summed E-state index contributed by atoms with van der Waals surface area (Å²) in [4.78, 5) is 31.0. The van der Waals surface area contributed by atoms with Gasteiger partial charge >= 0.3 is 5.97 Å². The van der Waals surface area contributed by atoms with Crippen LogP contribution in [0.15, 0.2) is 30.3 Å². The smallest absolute Gasteiger partial charge is 0.356 e. The van der Waals surface area contributed by atoms with E-state index in [2.05, 4.69) is 9.88 Å². The maximum atomic E-state index is 13.5. The second kappa shape index (κ2) is 7.76. The molecule has 2 fully saturated rings. The van der Waals surface area contributed by atoms with Crippen LogP contribution in [-0.2, 0) is 9.53 Å². The fourth-order valence-corrected chi connectivity index (χ4v) is 4.31. The van der Waals surface area contributed by atoms with Crippen molar-refractivity contribution in [3.63, 3.8) is 0 Å². The predicted octanol–water partition coefficient (Wildman–Crippen LogP) is 3.78. The van der Waals surface area contributed by atoms with Gasteiger partial charge in [0.25, 0.3) is 0 Å². The SMILES string of the molecule is COC(=O)c1cc(N2CCC(=O)CC2)c2c(C3CCC3)nn(-c3ccc(F)cc3)c2n1. The maximum absolute atomic E-state index is 13.5. The molecule has 31 heavy (non-hydrogen) atoms. The molecule has 3 aromatic rings. The lowest BCUT2D eigenvalue weighted by Gasteiger charge is -2.30. The minimum atomic E-state index is -0.534. The van der Waals surface area contributed by atoms with E-state index >= 15 is 0 Å². The number of ether oxygens (including phenoxy) is 1. The highest BCUT2D eigenvalue weighted by molar-refractivity contribution is 5.99. The Balaban J connectivity index is 1.76. The fraction of sp³-hybridized carbons (Fsp3) is 0.391. The Labute approximate surface area is 178 Å². The van der Waals surface area contributed by atoms with Crippen LogP contribution in [0, 0.1) is 5.82 Å². The molecule has 0 bridgehead atoms. The van der Waals surface area contributed by atoms with Gasteiger partial charge in [-0.2, -0.15) is 5.10 Å². The van der Waals surface area contributed by atoms with Gasteiger partial charge in [-0.1, -0.05) is 6.42 Å². The highest BCUT2D eigenvalue weighted by Crippen LogP contribution is 2.43. The molecule has 3 heterocycles. The van der Waals surface area contributed by atoms with Crippen LogP contribution in [0.4, 0.5) is 10.1 Å². The standard InChI is InChI=1S/C23H23FN4O3/c1-31-23(30)18-13-19(27-11-9-17(29)10-12-27)20-21(14-3-2-4-14)26-28(22(20)25-18)16-7-5-15(24)6-8-16/h5-8,13-14H,2-4,9-12H2,1H3. The lowest BCUT2D eigenvalue weighted by molar-refractivity contribution is -0.119. The van der Waals surface area contributed by atoms with E-state index in [-0.39, 0.29) is 17.3 Å². The van der Waals surface area contributed by atoms with E-state index in [1.54, 1.807) is 22.9 Å². The van der Waals surface area contributed by atoms with Gasteiger partial charge in [0.2, 0.25) is 0 Å². The third-order valence-electron chi connectivity index (χ3n) is 6.26. The molecular formula is C23H23FN4O3. The summed E-state index contributed by atoms with van der Waals surface area (Å²) in [5.74, 6) is -0.300. The zero-order chi connectivity index (χ0) is 21.5. The second-order valence-electron chi connectivity index (χ2n) is 8.14. The number of nitrogens with zero attached hydrogens (tertiary/aromatic N) is 4. The Bertz CT molecular complexity index is 1160. The molecule has 2 aromatic heterocycles. The number of aromatic nitrogens is 3. The average Bonchev–Trinajstić information content (AvgIpc) is 3.11. The molecule has 1 aliphatic carbocycles. The number of fused-ring (bicyclic) bond motifs is 1. The molecule has 8 heteroatoms. The molecule has 1 aliphatic heterocycles. The summed E-state index contributed by atoms with van der Waals surface area (Å²) >= 11 is 0. The molecule has 7 nitrogen and oxygen atoms in total. The molecule has 0 spiro atoms. The second-order valence-corrected chi connectivity index (χ2v) is 8.14. The summed E-state index contributed by atoms with van der Waals surface area (Å²) in [5.41, 5.74) is 3.20. The van der Waals surface area contributed by atoms with Crippen molar-refractivity contribution >= 4 is 28.5 Å². The molecular weight excluding hydrogens is 399 g/mol. The zero-order valence-corrected chi connectivity index (χ0v) is 17.3. The first-order valence-electron chi connectivity index (χ1n) is 10.6. The number of rotatable bonds is 4. The van der Waals surface area contributed by atoms with E-state index < -0.39 is 5.97 Å². The molecule has 0 amide bonds. The van der Waals surface area contributed by atoms with Crippen LogP contribution in [0.2, 0.25) is 0 Å². The van der Waals surface area contributed by atoms with Crippen LogP contribution in [0.25, 0.3) is 16.7 Å². The van der Waals surface area contributed by atoms with Gasteiger partial charge in [-0.15, -0.1) is 0 Å². The maximum Gasteiger partial charge on any atom is 0.356 e. The summed E-state index contributed by atoms with van der Waals surface area (Å²) in [5, 5.41) is 5.79. The summed E-state index contributed by atoms with van der Waals surface area (Å²) in [6.45, 7) is 1.18. The van der Waals surface area contributed by atoms with Crippen molar-refractivity contribution in [2.24, 2.45) is 0 Å². The Morgan fingerprint density at radius 1 is 1.16 bits per heavy atom. The van der Waals surface area contributed by atoms with E-state index in [1.165, 1.54) is 19.2 Å².